The van der Waals surface area contributed by atoms with E-state index in [0.29, 0.717) is 13.1 Å². The molecular weight excluding hydrogens is 566 g/mol. The number of piperazine rings is 1. The van der Waals surface area contributed by atoms with Crippen LogP contribution in [-0.2, 0) is 16.1 Å². The number of imide groups is 1. The molecule has 3 atom stereocenters. The van der Waals surface area contributed by atoms with Crippen molar-refractivity contribution in [3.05, 3.63) is 75.9 Å². The van der Waals surface area contributed by atoms with Crippen LogP contribution in [0.5, 0.6) is 0 Å². The smallest absolute Gasteiger partial charge is 0.257 e. The van der Waals surface area contributed by atoms with Crippen molar-refractivity contribution in [2.24, 2.45) is 5.41 Å². The first-order chi connectivity index (χ1) is 21.0. The van der Waals surface area contributed by atoms with Gasteiger partial charge in [-0.2, -0.15) is 0 Å². The number of benzene rings is 2. The van der Waals surface area contributed by atoms with Gasteiger partial charge in [0, 0.05) is 49.3 Å². The van der Waals surface area contributed by atoms with Gasteiger partial charge in [-0.15, -0.1) is 0 Å². The molecule has 10 heteroatoms. The average Bonchev–Trinajstić information content (AvgIpc) is 3.31. The van der Waals surface area contributed by atoms with Crippen LogP contribution in [0.2, 0.25) is 0 Å². The van der Waals surface area contributed by atoms with E-state index in [1.165, 1.54) is 40.3 Å². The molecule has 230 valence electrons. The molecule has 5 aliphatic heterocycles. The molecule has 6 aliphatic rings. The summed E-state index contributed by atoms with van der Waals surface area (Å²) in [5.74, 6) is -2.75. The summed E-state index contributed by atoms with van der Waals surface area (Å²) in [5, 5.41) is 2.25. The SMILES string of the molecule is CC1(C)CCC(CN2CC3CC(C2)N3C(=O)c2ccc3c(c2F)CN(C2CCC(=O)NC2=O)C3=O)=C(c2ccc(F)cc2)C1. The van der Waals surface area contributed by atoms with E-state index >= 15 is 4.39 Å². The number of nitrogens with zero attached hydrogens (tertiary/aromatic N) is 3. The fraction of sp³-hybridized carbons (Fsp3) is 0.471. The van der Waals surface area contributed by atoms with Gasteiger partial charge in [0.05, 0.1) is 12.1 Å². The van der Waals surface area contributed by atoms with Gasteiger partial charge in [-0.1, -0.05) is 31.6 Å². The van der Waals surface area contributed by atoms with Gasteiger partial charge < -0.3 is 9.80 Å². The monoisotopic (exact) mass is 602 g/mol. The van der Waals surface area contributed by atoms with Gasteiger partial charge in [0.25, 0.3) is 11.8 Å². The Kier molecular flexibility index (Phi) is 6.95. The molecule has 8 nitrogen and oxygen atoms in total. The van der Waals surface area contributed by atoms with Gasteiger partial charge in [0.2, 0.25) is 11.8 Å². The number of hydrogen-bond donors (Lipinski definition) is 1. The molecular formula is C34H36F2N4O4. The lowest BCUT2D eigenvalue weighted by molar-refractivity contribution is -0.136. The molecule has 3 unspecified atom stereocenters. The predicted octanol–water partition coefficient (Wildman–Crippen LogP) is 4.29. The van der Waals surface area contributed by atoms with Crippen molar-refractivity contribution in [3.63, 3.8) is 0 Å². The third-order valence-corrected chi connectivity index (χ3v) is 10.2. The maximum absolute atomic E-state index is 15.9. The van der Waals surface area contributed by atoms with Crippen LogP contribution in [0.15, 0.2) is 42.0 Å². The maximum Gasteiger partial charge on any atom is 0.257 e. The zero-order valence-corrected chi connectivity index (χ0v) is 25.0. The highest BCUT2D eigenvalue weighted by Crippen LogP contribution is 2.44. The fourth-order valence-electron chi connectivity index (χ4n) is 7.80. The van der Waals surface area contributed by atoms with Gasteiger partial charge in [-0.05, 0) is 72.9 Å². The first kappa shape index (κ1) is 28.8. The summed E-state index contributed by atoms with van der Waals surface area (Å²) in [6.07, 6.45) is 4.15. The summed E-state index contributed by atoms with van der Waals surface area (Å²) in [6, 6.07) is 8.74. The quantitative estimate of drug-likeness (QED) is 0.516. The molecule has 0 aromatic heterocycles. The van der Waals surface area contributed by atoms with Gasteiger partial charge in [0.1, 0.15) is 17.7 Å². The van der Waals surface area contributed by atoms with E-state index in [9.17, 15) is 23.6 Å². The Labute approximate surface area is 255 Å². The van der Waals surface area contributed by atoms with Crippen LogP contribution < -0.4 is 5.32 Å². The number of hydrogen-bond acceptors (Lipinski definition) is 5. The average molecular weight is 603 g/mol. The molecule has 2 aromatic rings. The van der Waals surface area contributed by atoms with E-state index in [4.69, 9.17) is 0 Å². The van der Waals surface area contributed by atoms with Crippen LogP contribution in [0.1, 0.15) is 84.2 Å². The Morgan fingerprint density at radius 2 is 1.73 bits per heavy atom. The van der Waals surface area contributed by atoms with E-state index in [1.807, 2.05) is 12.1 Å². The van der Waals surface area contributed by atoms with Crippen molar-refractivity contribution in [1.82, 2.24) is 20.0 Å². The second-order valence-electron chi connectivity index (χ2n) is 13.7. The lowest BCUT2D eigenvalue weighted by Gasteiger charge is -2.56. The molecule has 0 spiro atoms. The van der Waals surface area contributed by atoms with E-state index in [-0.39, 0.29) is 71.2 Å². The highest BCUT2D eigenvalue weighted by Gasteiger charge is 2.49. The highest BCUT2D eigenvalue weighted by atomic mass is 19.1. The number of rotatable bonds is 5. The summed E-state index contributed by atoms with van der Waals surface area (Å²) in [5.41, 5.74) is 4.11. The minimum Gasteiger partial charge on any atom is -0.330 e. The van der Waals surface area contributed by atoms with Gasteiger partial charge in [-0.3, -0.25) is 29.4 Å². The lowest BCUT2D eigenvalue weighted by atomic mass is 9.72. The number of halogens is 2. The zero-order chi connectivity index (χ0) is 30.9. The first-order valence-electron chi connectivity index (χ1n) is 15.5. The topological polar surface area (TPSA) is 90.0 Å². The van der Waals surface area contributed by atoms with Gasteiger partial charge in [0.15, 0.2) is 0 Å². The van der Waals surface area contributed by atoms with Gasteiger partial charge in [-0.25, -0.2) is 8.78 Å². The molecule has 44 heavy (non-hydrogen) atoms. The number of carbonyl (C=O) groups excluding carboxylic acids is 4. The van der Waals surface area contributed by atoms with Crippen molar-refractivity contribution in [1.29, 1.82) is 0 Å². The Hall–Kier alpha value is -3.92. The summed E-state index contributed by atoms with van der Waals surface area (Å²) in [7, 11) is 0. The van der Waals surface area contributed by atoms with Crippen molar-refractivity contribution in [2.75, 3.05) is 19.6 Å². The molecule has 4 saturated heterocycles. The third kappa shape index (κ3) is 4.93. The second-order valence-corrected chi connectivity index (χ2v) is 13.7. The van der Waals surface area contributed by atoms with Crippen LogP contribution >= 0.6 is 0 Å². The number of fused-ring (bicyclic) bond motifs is 3. The number of piperidine rings is 2. The molecule has 4 fully saturated rings. The minimum absolute atomic E-state index is 0.0228. The van der Waals surface area contributed by atoms with Crippen LogP contribution in [0.3, 0.4) is 0 Å². The summed E-state index contributed by atoms with van der Waals surface area (Å²) < 4.78 is 29.5. The molecule has 0 radical (unpaired) electrons. The van der Waals surface area contributed by atoms with Crippen LogP contribution in [0.25, 0.3) is 5.57 Å². The fourth-order valence-corrected chi connectivity index (χ4v) is 7.80. The molecule has 5 heterocycles. The third-order valence-electron chi connectivity index (χ3n) is 10.2. The molecule has 0 saturated carbocycles. The Morgan fingerprint density at radius 1 is 1.00 bits per heavy atom. The first-order valence-corrected chi connectivity index (χ1v) is 15.5. The molecule has 1 aliphatic carbocycles. The normalized spacial score (nSPS) is 26.5. The largest absolute Gasteiger partial charge is 0.330 e. The maximum atomic E-state index is 15.9. The Bertz CT molecular complexity index is 1610. The van der Waals surface area contributed by atoms with Crippen LogP contribution in [0, 0.1) is 17.0 Å². The molecule has 8 rings (SSSR count). The number of nitrogens with one attached hydrogen (secondary N) is 1. The molecule has 2 bridgehead atoms. The second kappa shape index (κ2) is 10.6. The molecule has 1 N–H and O–H groups in total. The van der Waals surface area contributed by atoms with Crippen molar-refractivity contribution in [2.45, 2.75) is 77.0 Å². The zero-order valence-electron chi connectivity index (χ0n) is 25.0. The van der Waals surface area contributed by atoms with E-state index < -0.39 is 23.7 Å². The molecule has 4 amide bonds. The van der Waals surface area contributed by atoms with Gasteiger partial charge >= 0.3 is 0 Å². The number of allylic oxidation sites excluding steroid dienone is 1. The van der Waals surface area contributed by atoms with Crippen molar-refractivity contribution >= 4 is 29.2 Å². The standard InChI is InChI=1S/C34H36F2N4O4/c1-34(2)12-11-20(26(14-34)19-3-5-21(35)6-4-19)15-38-16-22-13-23(17-38)40(22)33(44)25-8-7-24-27(30(25)36)18-39(32(24)43)28-9-10-29(41)37-31(28)42/h3-8,22-23,28H,9-18H2,1-2H3,(H,37,41,42). The number of amides is 4. The predicted molar refractivity (Wildman–Crippen MR) is 158 cm³/mol. The lowest BCUT2D eigenvalue weighted by Crippen LogP contribution is -2.70. The molecule has 2 aromatic carbocycles. The van der Waals surface area contributed by atoms with E-state index in [0.717, 1.165) is 37.8 Å². The Balaban J connectivity index is 1.05. The highest BCUT2D eigenvalue weighted by molar-refractivity contribution is 6.06. The number of carbonyl (C=O) groups is 4. The van der Waals surface area contributed by atoms with E-state index in [2.05, 4.69) is 24.1 Å². The van der Waals surface area contributed by atoms with Crippen LogP contribution in [-0.4, -0.2) is 76.1 Å². The Morgan fingerprint density at radius 3 is 2.43 bits per heavy atom. The van der Waals surface area contributed by atoms with Crippen LogP contribution in [0.4, 0.5) is 8.78 Å². The van der Waals surface area contributed by atoms with Crippen molar-refractivity contribution in [3.8, 4) is 0 Å². The van der Waals surface area contributed by atoms with Crippen molar-refractivity contribution < 1.29 is 28.0 Å². The summed E-state index contributed by atoms with van der Waals surface area (Å²) >= 11 is 0. The minimum atomic E-state index is -0.846. The van der Waals surface area contributed by atoms with E-state index in [1.54, 1.807) is 4.90 Å². The summed E-state index contributed by atoms with van der Waals surface area (Å²) in [4.78, 5) is 56.1. The summed E-state index contributed by atoms with van der Waals surface area (Å²) in [6.45, 7) is 6.61.